The third-order valence-corrected chi connectivity index (χ3v) is 4.75. The highest BCUT2D eigenvalue weighted by Gasteiger charge is 2.23. The molecule has 0 bridgehead atoms. The molecule has 1 saturated heterocycles. The van der Waals surface area contributed by atoms with Crippen molar-refractivity contribution in [3.63, 3.8) is 0 Å². The molecule has 0 radical (unpaired) electrons. The van der Waals surface area contributed by atoms with Crippen LogP contribution in [0.5, 0.6) is 0 Å². The summed E-state index contributed by atoms with van der Waals surface area (Å²) in [5, 5.41) is 10.7. The molecule has 1 aromatic carbocycles. The molecule has 3 rings (SSSR count). The number of rotatable bonds is 2. The zero-order valence-corrected chi connectivity index (χ0v) is 14.0. The van der Waals surface area contributed by atoms with Crippen molar-refractivity contribution in [1.82, 2.24) is 4.98 Å². The zero-order chi connectivity index (χ0) is 16.6. The van der Waals surface area contributed by atoms with Crippen LogP contribution >= 0.6 is 0 Å². The number of fused-ring (bicyclic) bond motifs is 1. The minimum absolute atomic E-state index is 0.110. The van der Waals surface area contributed by atoms with Crippen LogP contribution in [0.3, 0.4) is 0 Å². The van der Waals surface area contributed by atoms with Crippen LogP contribution in [0.1, 0.15) is 59.7 Å². The Labute approximate surface area is 137 Å². The second-order valence-corrected chi connectivity index (χ2v) is 6.53. The molecule has 0 spiro atoms. The molecule has 1 aliphatic heterocycles. The first kappa shape index (κ1) is 15.9. The van der Waals surface area contributed by atoms with Gasteiger partial charge in [-0.05, 0) is 50.8 Å². The molecule has 4 heteroatoms. The van der Waals surface area contributed by atoms with Gasteiger partial charge in [0.25, 0.3) is 0 Å². The van der Waals surface area contributed by atoms with Gasteiger partial charge in [0.15, 0.2) is 0 Å². The van der Waals surface area contributed by atoms with Crippen LogP contribution in [0.2, 0.25) is 0 Å². The van der Waals surface area contributed by atoms with E-state index in [2.05, 4.69) is 12.1 Å². The van der Waals surface area contributed by atoms with Crippen molar-refractivity contribution < 1.29 is 4.74 Å². The van der Waals surface area contributed by atoms with Gasteiger partial charge in [0.1, 0.15) is 6.07 Å². The second-order valence-electron chi connectivity index (χ2n) is 6.53. The van der Waals surface area contributed by atoms with Gasteiger partial charge in [0.05, 0.1) is 11.1 Å². The SMILES string of the molecule is Cc1cc(C(C)N)c2nc(C3CCOCC3)c(C)c(C#N)c2c1. The van der Waals surface area contributed by atoms with Crippen LogP contribution in [0.15, 0.2) is 12.1 Å². The molecular weight excluding hydrogens is 286 g/mol. The number of hydrogen-bond acceptors (Lipinski definition) is 4. The summed E-state index contributed by atoms with van der Waals surface area (Å²) < 4.78 is 5.47. The van der Waals surface area contributed by atoms with Gasteiger partial charge in [0.2, 0.25) is 0 Å². The molecule has 2 N–H and O–H groups in total. The number of aromatic nitrogens is 1. The fraction of sp³-hybridized carbons (Fsp3) is 0.474. The molecule has 1 aliphatic rings. The average molecular weight is 309 g/mol. The molecule has 2 aromatic rings. The van der Waals surface area contributed by atoms with Gasteiger partial charge in [-0.1, -0.05) is 11.6 Å². The van der Waals surface area contributed by atoms with E-state index in [0.717, 1.165) is 64.9 Å². The molecule has 1 unspecified atom stereocenters. The van der Waals surface area contributed by atoms with Gasteiger partial charge in [-0.15, -0.1) is 0 Å². The smallest absolute Gasteiger partial charge is 0.100 e. The fourth-order valence-electron chi connectivity index (χ4n) is 3.52. The average Bonchev–Trinajstić information content (AvgIpc) is 2.54. The first-order chi connectivity index (χ1) is 11.0. The Bertz CT molecular complexity index is 784. The number of benzene rings is 1. The van der Waals surface area contributed by atoms with Crippen molar-refractivity contribution in [2.45, 2.75) is 45.6 Å². The Kier molecular flexibility index (Phi) is 4.34. The van der Waals surface area contributed by atoms with Crippen molar-refractivity contribution in [2.24, 2.45) is 5.73 Å². The molecular formula is C19H23N3O. The van der Waals surface area contributed by atoms with Gasteiger partial charge in [-0.2, -0.15) is 5.26 Å². The summed E-state index contributed by atoms with van der Waals surface area (Å²) in [5.74, 6) is 0.363. The van der Waals surface area contributed by atoms with Gasteiger partial charge in [-0.25, -0.2) is 0 Å². The van der Waals surface area contributed by atoms with Crippen molar-refractivity contribution >= 4 is 10.9 Å². The molecule has 1 fully saturated rings. The van der Waals surface area contributed by atoms with Crippen LogP contribution < -0.4 is 5.73 Å². The summed E-state index contributed by atoms with van der Waals surface area (Å²) in [4.78, 5) is 4.98. The Morgan fingerprint density at radius 2 is 2.00 bits per heavy atom. The summed E-state index contributed by atoms with van der Waals surface area (Å²) in [6.45, 7) is 7.55. The standard InChI is InChI=1S/C19H23N3O/c1-11-8-15(13(3)21)19-16(9-11)17(10-20)12(2)18(22-19)14-4-6-23-7-5-14/h8-9,13-14H,4-7,21H2,1-3H3. The lowest BCUT2D eigenvalue weighted by molar-refractivity contribution is 0.0844. The highest BCUT2D eigenvalue weighted by atomic mass is 16.5. The number of ether oxygens (including phenoxy) is 1. The summed E-state index contributed by atoms with van der Waals surface area (Å²) in [7, 11) is 0. The predicted octanol–water partition coefficient (Wildman–Crippen LogP) is 3.64. The largest absolute Gasteiger partial charge is 0.381 e. The Balaban J connectivity index is 2.31. The first-order valence-electron chi connectivity index (χ1n) is 8.21. The molecule has 2 heterocycles. The van der Waals surface area contributed by atoms with E-state index in [9.17, 15) is 5.26 Å². The molecule has 23 heavy (non-hydrogen) atoms. The minimum atomic E-state index is -0.110. The summed E-state index contributed by atoms with van der Waals surface area (Å²) in [6, 6.07) is 6.43. The maximum absolute atomic E-state index is 9.73. The van der Waals surface area contributed by atoms with Crippen LogP contribution in [0.25, 0.3) is 10.9 Å². The monoisotopic (exact) mass is 309 g/mol. The third kappa shape index (κ3) is 2.83. The van der Waals surface area contributed by atoms with Gasteiger partial charge in [0, 0.05) is 36.3 Å². The minimum Gasteiger partial charge on any atom is -0.381 e. The lowest BCUT2D eigenvalue weighted by atomic mass is 9.88. The van der Waals surface area contributed by atoms with E-state index in [1.165, 1.54) is 0 Å². The van der Waals surface area contributed by atoms with Crippen LogP contribution in [-0.2, 0) is 4.74 Å². The van der Waals surface area contributed by atoms with Crippen LogP contribution in [-0.4, -0.2) is 18.2 Å². The number of hydrogen-bond donors (Lipinski definition) is 1. The molecule has 120 valence electrons. The molecule has 1 aromatic heterocycles. The summed E-state index contributed by atoms with van der Waals surface area (Å²) in [5.41, 5.74) is 12.0. The van der Waals surface area contributed by atoms with E-state index in [1.54, 1.807) is 0 Å². The van der Waals surface area contributed by atoms with Gasteiger partial charge in [-0.3, -0.25) is 4.98 Å². The maximum atomic E-state index is 9.73. The topological polar surface area (TPSA) is 71.9 Å². The number of pyridine rings is 1. The lowest BCUT2D eigenvalue weighted by Gasteiger charge is -2.24. The normalized spacial score (nSPS) is 17.2. The number of aryl methyl sites for hydroxylation is 1. The molecule has 0 aliphatic carbocycles. The maximum Gasteiger partial charge on any atom is 0.100 e. The number of nitrogens with two attached hydrogens (primary N) is 1. The van der Waals surface area contributed by atoms with E-state index in [1.807, 2.05) is 26.8 Å². The summed E-state index contributed by atoms with van der Waals surface area (Å²) in [6.07, 6.45) is 1.92. The molecule has 1 atom stereocenters. The van der Waals surface area contributed by atoms with E-state index in [4.69, 9.17) is 15.5 Å². The van der Waals surface area contributed by atoms with E-state index < -0.39 is 0 Å². The Hall–Kier alpha value is -1.96. The van der Waals surface area contributed by atoms with E-state index in [0.29, 0.717) is 5.92 Å². The Morgan fingerprint density at radius 1 is 1.30 bits per heavy atom. The van der Waals surface area contributed by atoms with Gasteiger partial charge < -0.3 is 10.5 Å². The second kappa shape index (κ2) is 6.27. The lowest BCUT2D eigenvalue weighted by Crippen LogP contribution is -2.17. The van der Waals surface area contributed by atoms with Crippen molar-refractivity contribution in [1.29, 1.82) is 5.26 Å². The van der Waals surface area contributed by atoms with Crippen molar-refractivity contribution in [2.75, 3.05) is 13.2 Å². The van der Waals surface area contributed by atoms with Crippen molar-refractivity contribution in [3.05, 3.63) is 40.1 Å². The van der Waals surface area contributed by atoms with Crippen LogP contribution in [0.4, 0.5) is 0 Å². The molecule has 0 amide bonds. The predicted molar refractivity (Wildman–Crippen MR) is 91.3 cm³/mol. The Morgan fingerprint density at radius 3 is 2.61 bits per heavy atom. The van der Waals surface area contributed by atoms with E-state index >= 15 is 0 Å². The highest BCUT2D eigenvalue weighted by molar-refractivity contribution is 5.89. The summed E-state index contributed by atoms with van der Waals surface area (Å²) >= 11 is 0. The van der Waals surface area contributed by atoms with Crippen molar-refractivity contribution in [3.8, 4) is 6.07 Å². The molecule has 0 saturated carbocycles. The zero-order valence-electron chi connectivity index (χ0n) is 14.0. The van der Waals surface area contributed by atoms with E-state index in [-0.39, 0.29) is 6.04 Å². The first-order valence-corrected chi connectivity index (χ1v) is 8.21. The third-order valence-electron chi connectivity index (χ3n) is 4.75. The highest BCUT2D eigenvalue weighted by Crippen LogP contribution is 2.34. The molecule has 4 nitrogen and oxygen atoms in total. The van der Waals surface area contributed by atoms with Gasteiger partial charge >= 0.3 is 0 Å². The number of nitrogens with zero attached hydrogens (tertiary/aromatic N) is 2. The van der Waals surface area contributed by atoms with Crippen LogP contribution in [0, 0.1) is 25.2 Å². The number of nitriles is 1. The quantitative estimate of drug-likeness (QED) is 0.919. The fourth-order valence-corrected chi connectivity index (χ4v) is 3.52.